The molecule has 0 saturated carbocycles. The first kappa shape index (κ1) is 27.0. The van der Waals surface area contributed by atoms with Gasteiger partial charge in [0.15, 0.2) is 17.3 Å². The Kier molecular flexibility index (Phi) is 7.14. The van der Waals surface area contributed by atoms with E-state index in [1.165, 1.54) is 6.07 Å². The maximum absolute atomic E-state index is 14.6. The van der Waals surface area contributed by atoms with E-state index in [-0.39, 0.29) is 17.6 Å². The van der Waals surface area contributed by atoms with E-state index in [1.807, 2.05) is 64.6 Å². The summed E-state index contributed by atoms with van der Waals surface area (Å²) in [5.74, 6) is -0.445. The van der Waals surface area contributed by atoms with Crippen molar-refractivity contribution in [3.8, 4) is 0 Å². The Bertz CT molecular complexity index is 1480. The Morgan fingerprint density at radius 3 is 2.55 bits per heavy atom. The minimum atomic E-state index is -0.557. The van der Waals surface area contributed by atoms with E-state index in [0.717, 1.165) is 5.69 Å². The summed E-state index contributed by atoms with van der Waals surface area (Å²) in [5, 5.41) is 0. The molecule has 1 aliphatic rings. The predicted molar refractivity (Wildman–Crippen MR) is 143 cm³/mol. The van der Waals surface area contributed by atoms with Gasteiger partial charge in [-0.25, -0.2) is 19.2 Å². The van der Waals surface area contributed by atoms with Crippen LogP contribution >= 0.6 is 0 Å². The molecule has 0 N–H and O–H groups in total. The molecule has 11 heteroatoms. The Hall–Kier alpha value is -4.02. The van der Waals surface area contributed by atoms with Gasteiger partial charge in [-0.05, 0) is 59.7 Å². The van der Waals surface area contributed by atoms with E-state index in [4.69, 9.17) is 4.74 Å². The van der Waals surface area contributed by atoms with Gasteiger partial charge < -0.3 is 18.6 Å². The van der Waals surface area contributed by atoms with Gasteiger partial charge in [-0.2, -0.15) is 4.99 Å². The number of fused-ring (bicyclic) bond motifs is 1. The standard InChI is InChI=1S/C27H34FN7O3/c1-18-13-34-14-19(12-21(28)24(34)30-18)23(29-17-36)31-22-9-8-20(15-32(22)7)33-10-11-35(27(5,6)16-33)25(37)38-26(2,3)4/h8-9,12-15,17H,10-11,16H2,1-7H3. The van der Waals surface area contributed by atoms with Crippen LogP contribution in [0.1, 0.15) is 45.9 Å². The van der Waals surface area contributed by atoms with Crippen LogP contribution in [0.25, 0.3) is 5.65 Å². The summed E-state index contributed by atoms with van der Waals surface area (Å²) in [6.45, 7) is 13.2. The molecule has 0 radical (unpaired) electrons. The SMILES string of the molecule is Cc1cn2cc(C(=NC=O)N=c3ccc(N4CCN(C(=O)OC(C)(C)C)C(C)(C)C4)cn3C)cc(F)c2n1. The van der Waals surface area contributed by atoms with Crippen LogP contribution in [0.15, 0.2) is 46.8 Å². The van der Waals surface area contributed by atoms with Gasteiger partial charge in [-0.1, -0.05) is 0 Å². The lowest BCUT2D eigenvalue weighted by Gasteiger charge is -2.47. The molecule has 10 nitrogen and oxygen atoms in total. The molecule has 2 amide bonds. The number of pyridine rings is 2. The Balaban J connectivity index is 1.60. The summed E-state index contributed by atoms with van der Waals surface area (Å²) >= 11 is 0. The molecule has 38 heavy (non-hydrogen) atoms. The minimum absolute atomic E-state index is 0.0858. The number of amides is 2. The topological polar surface area (TPSA) is 96.8 Å². The van der Waals surface area contributed by atoms with Gasteiger partial charge in [0.2, 0.25) is 6.41 Å². The summed E-state index contributed by atoms with van der Waals surface area (Å²) in [5.41, 5.74) is 1.70. The van der Waals surface area contributed by atoms with Gasteiger partial charge in [0.1, 0.15) is 11.1 Å². The Labute approximate surface area is 221 Å². The van der Waals surface area contributed by atoms with Gasteiger partial charge in [-0.3, -0.25) is 9.69 Å². The van der Waals surface area contributed by atoms with E-state index >= 15 is 0 Å². The minimum Gasteiger partial charge on any atom is -0.444 e. The number of aromatic nitrogens is 3. The molecule has 202 valence electrons. The van der Waals surface area contributed by atoms with E-state index in [0.29, 0.717) is 42.8 Å². The highest BCUT2D eigenvalue weighted by molar-refractivity contribution is 6.02. The first-order valence-electron chi connectivity index (χ1n) is 12.4. The molecule has 1 aliphatic heterocycles. The van der Waals surface area contributed by atoms with Crippen molar-refractivity contribution < 1.29 is 18.7 Å². The Morgan fingerprint density at radius 1 is 1.18 bits per heavy atom. The maximum atomic E-state index is 14.6. The number of halogens is 1. The first-order chi connectivity index (χ1) is 17.8. The first-order valence-corrected chi connectivity index (χ1v) is 12.4. The largest absolute Gasteiger partial charge is 0.444 e. The van der Waals surface area contributed by atoms with E-state index in [1.54, 1.807) is 28.6 Å². The van der Waals surface area contributed by atoms with Crippen LogP contribution in [0.5, 0.6) is 0 Å². The third-order valence-corrected chi connectivity index (χ3v) is 6.25. The van der Waals surface area contributed by atoms with Crippen LogP contribution in [0, 0.1) is 12.7 Å². The van der Waals surface area contributed by atoms with Crippen molar-refractivity contribution in [3.05, 3.63) is 59.4 Å². The lowest BCUT2D eigenvalue weighted by atomic mass is 9.99. The number of hydrogen-bond acceptors (Lipinski definition) is 5. The zero-order valence-electron chi connectivity index (χ0n) is 22.9. The number of carbonyl (C=O) groups excluding carboxylic acids is 2. The third-order valence-electron chi connectivity index (χ3n) is 6.25. The molecule has 0 atom stereocenters. The van der Waals surface area contributed by atoms with E-state index in [2.05, 4.69) is 19.9 Å². The average molecular weight is 524 g/mol. The second-order valence-corrected chi connectivity index (χ2v) is 11.1. The van der Waals surface area contributed by atoms with Crippen LogP contribution < -0.4 is 10.4 Å². The summed E-state index contributed by atoms with van der Waals surface area (Å²) in [6.07, 6.45) is 5.34. The summed E-state index contributed by atoms with van der Waals surface area (Å²) in [7, 11) is 1.84. The van der Waals surface area contributed by atoms with Gasteiger partial charge in [-0.15, -0.1) is 0 Å². The number of aryl methyl sites for hydroxylation is 2. The van der Waals surface area contributed by atoms with E-state index in [9.17, 15) is 14.0 Å². The number of rotatable bonds is 3. The number of ether oxygens (including phenoxy) is 1. The monoisotopic (exact) mass is 523 g/mol. The van der Waals surface area contributed by atoms with Crippen molar-refractivity contribution in [1.82, 2.24) is 18.9 Å². The molecular formula is C27H34FN7O3. The fraction of sp³-hybridized carbons (Fsp3) is 0.444. The quantitative estimate of drug-likeness (QED) is 0.298. The second-order valence-electron chi connectivity index (χ2n) is 11.1. The average Bonchev–Trinajstić information content (AvgIpc) is 3.18. The van der Waals surface area contributed by atoms with Gasteiger partial charge in [0.25, 0.3) is 0 Å². The number of hydrogen-bond donors (Lipinski definition) is 0. The molecule has 4 rings (SSSR count). The van der Waals surface area contributed by atoms with Crippen molar-refractivity contribution in [3.63, 3.8) is 0 Å². The number of nitrogens with zero attached hydrogens (tertiary/aromatic N) is 7. The smallest absolute Gasteiger partial charge is 0.410 e. The molecular weight excluding hydrogens is 489 g/mol. The highest BCUT2D eigenvalue weighted by atomic mass is 19.1. The lowest BCUT2D eigenvalue weighted by molar-refractivity contribution is -0.106. The Morgan fingerprint density at radius 2 is 1.92 bits per heavy atom. The number of imidazole rings is 1. The zero-order valence-corrected chi connectivity index (χ0v) is 22.9. The van der Waals surface area contributed by atoms with E-state index < -0.39 is 17.0 Å². The highest BCUT2D eigenvalue weighted by Gasteiger charge is 2.39. The molecule has 0 aromatic carbocycles. The number of amidine groups is 1. The van der Waals surface area contributed by atoms with Gasteiger partial charge in [0.05, 0.1) is 16.9 Å². The van der Waals surface area contributed by atoms with Crippen LogP contribution in [0.4, 0.5) is 14.9 Å². The predicted octanol–water partition coefficient (Wildman–Crippen LogP) is 3.46. The van der Waals surface area contributed by atoms with Crippen molar-refractivity contribution in [2.75, 3.05) is 24.5 Å². The molecule has 0 unspecified atom stereocenters. The molecule has 4 heterocycles. The normalized spacial score (nSPS) is 16.7. The number of carbonyl (C=O) groups is 2. The molecule has 1 fully saturated rings. The zero-order chi connectivity index (χ0) is 27.8. The lowest BCUT2D eigenvalue weighted by Crippen LogP contribution is -2.62. The van der Waals surface area contributed by atoms with Crippen molar-refractivity contribution in [2.45, 2.75) is 52.7 Å². The molecule has 3 aromatic heterocycles. The molecule has 0 spiro atoms. The number of piperazine rings is 1. The maximum Gasteiger partial charge on any atom is 0.410 e. The van der Waals surface area contributed by atoms with Gasteiger partial charge in [0, 0.05) is 50.8 Å². The molecule has 0 bridgehead atoms. The summed E-state index contributed by atoms with van der Waals surface area (Å²) in [6, 6.07) is 5.02. The fourth-order valence-corrected chi connectivity index (χ4v) is 4.55. The van der Waals surface area contributed by atoms with Crippen molar-refractivity contribution in [1.29, 1.82) is 0 Å². The summed E-state index contributed by atoms with van der Waals surface area (Å²) < 4.78 is 23.6. The van der Waals surface area contributed by atoms with Crippen molar-refractivity contribution in [2.24, 2.45) is 17.0 Å². The molecule has 1 saturated heterocycles. The number of anilines is 1. The van der Waals surface area contributed by atoms with Crippen LogP contribution in [-0.4, -0.2) is 68.0 Å². The third kappa shape index (κ3) is 5.76. The van der Waals surface area contributed by atoms with Gasteiger partial charge >= 0.3 is 6.09 Å². The van der Waals surface area contributed by atoms with Crippen LogP contribution in [0.3, 0.4) is 0 Å². The summed E-state index contributed by atoms with van der Waals surface area (Å²) in [4.78, 5) is 40.6. The van der Waals surface area contributed by atoms with Crippen LogP contribution in [0.2, 0.25) is 0 Å². The molecule has 3 aromatic rings. The fourth-order valence-electron chi connectivity index (χ4n) is 4.55. The molecule has 0 aliphatic carbocycles. The van der Waals surface area contributed by atoms with Crippen LogP contribution in [-0.2, 0) is 16.6 Å². The number of aliphatic imine (C=N–C) groups is 1. The highest BCUT2D eigenvalue weighted by Crippen LogP contribution is 2.27. The second kappa shape index (κ2) is 10.0. The van der Waals surface area contributed by atoms with Crippen molar-refractivity contribution >= 4 is 29.7 Å².